The van der Waals surface area contributed by atoms with Gasteiger partial charge < -0.3 is 25.5 Å². The molecule has 0 aliphatic heterocycles. The summed E-state index contributed by atoms with van der Waals surface area (Å²) >= 11 is 0. The first-order valence-corrected chi connectivity index (χ1v) is 4.30. The number of rotatable bonds is 6. The Morgan fingerprint density at radius 1 is 1.00 bits per heavy atom. The van der Waals surface area contributed by atoms with E-state index in [4.69, 9.17) is 25.5 Å². The normalized spacial score (nSPS) is 19.0. The van der Waals surface area contributed by atoms with Crippen LogP contribution in [0.4, 0.5) is 0 Å². The third kappa shape index (κ3) is 3.56. The van der Waals surface area contributed by atoms with Crippen LogP contribution in [0.3, 0.4) is 0 Å². The van der Waals surface area contributed by atoms with Crippen LogP contribution in [0.5, 0.6) is 0 Å². The molecule has 0 spiro atoms. The zero-order valence-corrected chi connectivity index (χ0v) is 8.07. The number of hydrogen-bond donors (Lipinski definition) is 5. The molecule has 0 aliphatic rings. The van der Waals surface area contributed by atoms with E-state index >= 15 is 0 Å². The Morgan fingerprint density at radius 3 is 1.73 bits per heavy atom. The molecule has 7 heteroatoms. The number of carbonyl (C=O) groups is 2. The summed E-state index contributed by atoms with van der Waals surface area (Å²) in [5.74, 6) is -2.50. The van der Waals surface area contributed by atoms with Gasteiger partial charge in [0.25, 0.3) is 0 Å². The van der Waals surface area contributed by atoms with E-state index in [-0.39, 0.29) is 6.42 Å². The molecular formula is C8H14O7. The van der Waals surface area contributed by atoms with Crippen LogP contribution in [0.2, 0.25) is 0 Å². The van der Waals surface area contributed by atoms with Gasteiger partial charge in [-0.05, 0) is 0 Å². The number of carboxylic acids is 1. The largest absolute Gasteiger partial charge is 0.479 e. The topological polar surface area (TPSA) is 135 Å². The first kappa shape index (κ1) is 14.0. The number of carboxylic acid groups (broad SMARTS) is 1. The van der Waals surface area contributed by atoms with Gasteiger partial charge in [0, 0.05) is 6.42 Å². The zero-order chi connectivity index (χ0) is 12.2. The number of hydrogen-bond acceptors (Lipinski definition) is 6. The summed E-state index contributed by atoms with van der Waals surface area (Å²) in [4.78, 5) is 21.1. The summed E-state index contributed by atoms with van der Waals surface area (Å²) in [6.45, 7) is 1.43. The lowest BCUT2D eigenvalue weighted by Crippen LogP contribution is -2.49. The van der Waals surface area contributed by atoms with Gasteiger partial charge in [0.15, 0.2) is 11.9 Å². The molecule has 0 rings (SSSR count). The summed E-state index contributed by atoms with van der Waals surface area (Å²) in [5, 5.41) is 44.5. The molecule has 4 atom stereocenters. The van der Waals surface area contributed by atoms with Crippen molar-refractivity contribution in [3.63, 3.8) is 0 Å². The highest BCUT2D eigenvalue weighted by atomic mass is 16.4. The SMILES string of the molecule is CCC(=O)[C@H](O)[C@@H](O)[C@H](O)[C@H](O)C(=O)O. The third-order valence-corrected chi connectivity index (χ3v) is 1.93. The van der Waals surface area contributed by atoms with Crippen LogP contribution in [0.25, 0.3) is 0 Å². The van der Waals surface area contributed by atoms with Gasteiger partial charge in [0.05, 0.1) is 0 Å². The van der Waals surface area contributed by atoms with E-state index in [0.29, 0.717) is 0 Å². The van der Waals surface area contributed by atoms with Crippen molar-refractivity contribution in [2.75, 3.05) is 0 Å². The minimum Gasteiger partial charge on any atom is -0.479 e. The molecule has 0 aliphatic carbocycles. The number of aliphatic hydroxyl groups is 4. The highest BCUT2D eigenvalue weighted by Gasteiger charge is 2.36. The quantitative estimate of drug-likeness (QED) is 0.335. The molecule has 15 heavy (non-hydrogen) atoms. The lowest BCUT2D eigenvalue weighted by Gasteiger charge is -2.23. The Bertz CT molecular complexity index is 239. The summed E-state index contributed by atoms with van der Waals surface area (Å²) in [6, 6.07) is 0. The number of aliphatic carboxylic acids is 1. The number of Topliss-reactive ketones (excluding diaryl/α,β-unsaturated/α-hetero) is 1. The Morgan fingerprint density at radius 2 is 1.40 bits per heavy atom. The Kier molecular flexibility index (Phi) is 5.37. The summed E-state index contributed by atoms with van der Waals surface area (Å²) in [6.07, 6.45) is -8.37. The van der Waals surface area contributed by atoms with E-state index < -0.39 is 36.2 Å². The van der Waals surface area contributed by atoms with Crippen molar-refractivity contribution in [1.82, 2.24) is 0 Å². The third-order valence-electron chi connectivity index (χ3n) is 1.93. The van der Waals surface area contributed by atoms with Crippen molar-refractivity contribution in [1.29, 1.82) is 0 Å². The molecule has 0 aromatic rings. The number of ketones is 1. The predicted molar refractivity (Wildman–Crippen MR) is 47.0 cm³/mol. The first-order valence-electron chi connectivity index (χ1n) is 4.30. The fourth-order valence-electron chi connectivity index (χ4n) is 0.919. The molecule has 0 amide bonds. The van der Waals surface area contributed by atoms with Crippen LogP contribution in [0.15, 0.2) is 0 Å². The average molecular weight is 222 g/mol. The second kappa shape index (κ2) is 5.76. The van der Waals surface area contributed by atoms with Crippen LogP contribution in [0, 0.1) is 0 Å². The van der Waals surface area contributed by atoms with Gasteiger partial charge in [-0.25, -0.2) is 4.79 Å². The van der Waals surface area contributed by atoms with Crippen molar-refractivity contribution in [3.8, 4) is 0 Å². The molecule has 0 fully saturated rings. The average Bonchev–Trinajstić information content (AvgIpc) is 2.23. The first-order chi connectivity index (χ1) is 6.82. The maximum Gasteiger partial charge on any atom is 0.335 e. The van der Waals surface area contributed by atoms with Gasteiger partial charge in [0.1, 0.15) is 18.3 Å². The fraction of sp³-hybridized carbons (Fsp3) is 0.750. The molecule has 7 nitrogen and oxygen atoms in total. The van der Waals surface area contributed by atoms with Gasteiger partial charge in [-0.15, -0.1) is 0 Å². The monoisotopic (exact) mass is 222 g/mol. The molecule has 0 heterocycles. The minimum absolute atomic E-state index is 0.0753. The number of carbonyl (C=O) groups excluding carboxylic acids is 1. The van der Waals surface area contributed by atoms with Gasteiger partial charge in [-0.3, -0.25) is 4.79 Å². The second-order valence-corrected chi connectivity index (χ2v) is 3.03. The van der Waals surface area contributed by atoms with Gasteiger partial charge in [-0.1, -0.05) is 6.92 Å². The van der Waals surface area contributed by atoms with Crippen LogP contribution in [0.1, 0.15) is 13.3 Å². The summed E-state index contributed by atoms with van der Waals surface area (Å²) in [5.41, 5.74) is 0. The molecule has 0 saturated heterocycles. The van der Waals surface area contributed by atoms with E-state index in [0.717, 1.165) is 0 Å². The predicted octanol–water partition coefficient (Wildman–Crippen LogP) is -2.51. The molecule has 0 aromatic heterocycles. The van der Waals surface area contributed by atoms with E-state index in [1.54, 1.807) is 0 Å². The van der Waals surface area contributed by atoms with Crippen LogP contribution < -0.4 is 0 Å². The molecule has 88 valence electrons. The van der Waals surface area contributed by atoms with E-state index in [1.165, 1.54) is 6.92 Å². The highest BCUT2D eigenvalue weighted by molar-refractivity contribution is 5.83. The van der Waals surface area contributed by atoms with Gasteiger partial charge in [0.2, 0.25) is 0 Å². The minimum atomic E-state index is -2.25. The molecular weight excluding hydrogens is 208 g/mol. The van der Waals surface area contributed by atoms with Crippen molar-refractivity contribution >= 4 is 11.8 Å². The fourth-order valence-corrected chi connectivity index (χ4v) is 0.919. The Balaban J connectivity index is 4.49. The van der Waals surface area contributed by atoms with Crippen molar-refractivity contribution in [3.05, 3.63) is 0 Å². The molecule has 0 radical (unpaired) electrons. The van der Waals surface area contributed by atoms with Crippen molar-refractivity contribution < 1.29 is 35.1 Å². The Labute approximate surface area is 85.6 Å². The molecule has 0 aromatic carbocycles. The smallest absolute Gasteiger partial charge is 0.335 e. The standard InChI is InChI=1S/C8H14O7/c1-2-3(9)4(10)5(11)6(12)7(13)8(14)15/h4-7,10-13H,2H2,1H3,(H,14,15)/t4-,5+,6-,7-/m0/s1. The number of aliphatic hydroxyl groups excluding tert-OH is 4. The molecule has 5 N–H and O–H groups in total. The lowest BCUT2D eigenvalue weighted by atomic mass is 9.99. The van der Waals surface area contributed by atoms with Crippen LogP contribution in [-0.4, -0.2) is 61.7 Å². The molecule has 0 saturated carbocycles. The van der Waals surface area contributed by atoms with E-state index in [1.807, 2.05) is 0 Å². The Hall–Kier alpha value is -1.02. The zero-order valence-electron chi connectivity index (χ0n) is 8.07. The highest BCUT2D eigenvalue weighted by Crippen LogP contribution is 2.07. The summed E-state index contributed by atoms with van der Waals surface area (Å²) < 4.78 is 0. The van der Waals surface area contributed by atoms with Crippen molar-refractivity contribution in [2.45, 2.75) is 37.8 Å². The van der Waals surface area contributed by atoms with Gasteiger partial charge >= 0.3 is 5.97 Å². The maximum atomic E-state index is 10.9. The summed E-state index contributed by atoms with van der Waals surface area (Å²) in [7, 11) is 0. The maximum absolute atomic E-state index is 10.9. The van der Waals surface area contributed by atoms with Crippen LogP contribution in [-0.2, 0) is 9.59 Å². The van der Waals surface area contributed by atoms with Crippen LogP contribution >= 0.6 is 0 Å². The lowest BCUT2D eigenvalue weighted by molar-refractivity contribution is -0.165. The molecule has 0 bridgehead atoms. The van der Waals surface area contributed by atoms with E-state index in [2.05, 4.69) is 0 Å². The second-order valence-electron chi connectivity index (χ2n) is 3.03. The van der Waals surface area contributed by atoms with Crippen molar-refractivity contribution in [2.24, 2.45) is 0 Å². The van der Waals surface area contributed by atoms with E-state index in [9.17, 15) is 9.59 Å². The van der Waals surface area contributed by atoms with Gasteiger partial charge in [-0.2, -0.15) is 0 Å². The molecule has 0 unspecified atom stereocenters.